The zero-order chi connectivity index (χ0) is 14.8. The third-order valence-corrected chi connectivity index (χ3v) is 4.76. The van der Waals surface area contributed by atoms with Gasteiger partial charge in [0, 0.05) is 24.4 Å². The molecule has 0 saturated carbocycles. The van der Waals surface area contributed by atoms with E-state index in [-0.39, 0.29) is 29.2 Å². The molecule has 120 valence electrons. The molecule has 3 rings (SSSR count). The molecule has 0 spiro atoms. The number of hydrogen-bond acceptors (Lipinski definition) is 5. The molecule has 0 radical (unpaired) electrons. The number of halogens is 1. The van der Waals surface area contributed by atoms with Crippen molar-refractivity contribution in [1.82, 2.24) is 4.90 Å². The van der Waals surface area contributed by atoms with Crippen molar-refractivity contribution < 1.29 is 4.74 Å². The summed E-state index contributed by atoms with van der Waals surface area (Å²) in [5, 5.41) is 9.95. The molecule has 22 heavy (non-hydrogen) atoms. The van der Waals surface area contributed by atoms with Gasteiger partial charge in [-0.15, -0.1) is 22.1 Å². The van der Waals surface area contributed by atoms with E-state index in [1.165, 1.54) is 11.1 Å². The quantitative estimate of drug-likeness (QED) is 0.744. The minimum atomic E-state index is 0. The van der Waals surface area contributed by atoms with Crippen LogP contribution in [0.1, 0.15) is 25.0 Å². The maximum absolute atomic E-state index is 5.77. The minimum Gasteiger partial charge on any atom is -0.372 e. The standard InChI is InChI=1S/C16H21N3OS.BrH/c1-11-6-4-5-7-14(11)15-10-21-16(18-17-15)19-8-12(2)20-13(3)9-19;/h4-7,12-13H,8-10H2,1-3H3;1H. The molecule has 1 fully saturated rings. The second-order valence-corrected chi connectivity index (χ2v) is 6.64. The first-order chi connectivity index (χ1) is 10.1. The van der Waals surface area contributed by atoms with Crippen LogP contribution in [-0.4, -0.2) is 46.8 Å². The van der Waals surface area contributed by atoms with Gasteiger partial charge in [0.25, 0.3) is 0 Å². The summed E-state index contributed by atoms with van der Waals surface area (Å²) in [6.07, 6.45) is 0.498. The Morgan fingerprint density at radius 1 is 1.14 bits per heavy atom. The molecule has 6 heteroatoms. The topological polar surface area (TPSA) is 37.2 Å². The van der Waals surface area contributed by atoms with Gasteiger partial charge in [0.2, 0.25) is 0 Å². The van der Waals surface area contributed by atoms with Crippen LogP contribution in [0.4, 0.5) is 0 Å². The zero-order valence-electron chi connectivity index (χ0n) is 13.2. The SMILES string of the molecule is Br.Cc1ccccc1C1=NN=C(N2CC(C)OC(C)C2)SC1. The first-order valence-corrected chi connectivity index (χ1v) is 8.36. The Labute approximate surface area is 146 Å². The van der Waals surface area contributed by atoms with E-state index in [4.69, 9.17) is 4.74 Å². The first-order valence-electron chi connectivity index (χ1n) is 7.37. The molecule has 2 aliphatic rings. The van der Waals surface area contributed by atoms with Gasteiger partial charge < -0.3 is 9.64 Å². The highest BCUT2D eigenvalue weighted by atomic mass is 79.9. The van der Waals surface area contributed by atoms with Gasteiger partial charge in [-0.3, -0.25) is 0 Å². The van der Waals surface area contributed by atoms with Crippen LogP contribution < -0.4 is 0 Å². The third kappa shape index (κ3) is 3.91. The van der Waals surface area contributed by atoms with E-state index in [1.807, 2.05) is 0 Å². The van der Waals surface area contributed by atoms with E-state index < -0.39 is 0 Å². The number of hydrogen-bond donors (Lipinski definition) is 0. The lowest BCUT2D eigenvalue weighted by Crippen LogP contribution is -2.47. The number of ether oxygens (including phenoxy) is 1. The molecule has 0 aliphatic carbocycles. The number of thioether (sulfide) groups is 1. The van der Waals surface area contributed by atoms with E-state index in [9.17, 15) is 0 Å². The molecular weight excluding hydrogens is 362 g/mol. The first kappa shape index (κ1) is 17.5. The Kier molecular flexibility index (Phi) is 6.06. The van der Waals surface area contributed by atoms with Gasteiger partial charge in [-0.1, -0.05) is 36.0 Å². The summed E-state index contributed by atoms with van der Waals surface area (Å²) < 4.78 is 5.77. The molecule has 1 aromatic rings. The van der Waals surface area contributed by atoms with Crippen LogP contribution in [0.2, 0.25) is 0 Å². The van der Waals surface area contributed by atoms with E-state index in [1.54, 1.807) is 11.8 Å². The lowest BCUT2D eigenvalue weighted by molar-refractivity contribution is -0.0472. The summed E-state index contributed by atoms with van der Waals surface area (Å²) in [4.78, 5) is 2.29. The van der Waals surface area contributed by atoms with Crippen molar-refractivity contribution in [2.45, 2.75) is 33.0 Å². The second-order valence-electron chi connectivity index (χ2n) is 5.70. The summed E-state index contributed by atoms with van der Waals surface area (Å²) in [6.45, 7) is 8.13. The van der Waals surface area contributed by atoms with Crippen LogP contribution in [0.5, 0.6) is 0 Å². The van der Waals surface area contributed by atoms with Gasteiger partial charge in [0.1, 0.15) is 0 Å². The van der Waals surface area contributed by atoms with Crippen LogP contribution in [0.3, 0.4) is 0 Å². The van der Waals surface area contributed by atoms with Crippen molar-refractivity contribution in [3.05, 3.63) is 35.4 Å². The molecule has 0 aromatic heterocycles. The molecule has 0 N–H and O–H groups in total. The number of benzene rings is 1. The summed E-state index contributed by atoms with van der Waals surface area (Å²) in [6, 6.07) is 8.35. The highest BCUT2D eigenvalue weighted by Crippen LogP contribution is 2.22. The summed E-state index contributed by atoms with van der Waals surface area (Å²) in [5.41, 5.74) is 3.52. The van der Waals surface area contributed by atoms with Gasteiger partial charge in [0.15, 0.2) is 5.17 Å². The number of aryl methyl sites for hydroxylation is 1. The largest absolute Gasteiger partial charge is 0.372 e. The Balaban J connectivity index is 0.00000176. The van der Waals surface area contributed by atoms with E-state index >= 15 is 0 Å². The molecule has 0 bridgehead atoms. The van der Waals surface area contributed by atoms with Crippen molar-refractivity contribution in [3.63, 3.8) is 0 Å². The number of rotatable bonds is 1. The highest BCUT2D eigenvalue weighted by molar-refractivity contribution is 8.93. The van der Waals surface area contributed by atoms with Crippen molar-refractivity contribution in [3.8, 4) is 0 Å². The van der Waals surface area contributed by atoms with Crippen molar-refractivity contribution in [2.24, 2.45) is 10.2 Å². The van der Waals surface area contributed by atoms with Crippen molar-refractivity contribution in [2.75, 3.05) is 18.8 Å². The maximum Gasteiger partial charge on any atom is 0.186 e. The van der Waals surface area contributed by atoms with E-state index in [0.717, 1.165) is 29.7 Å². The van der Waals surface area contributed by atoms with Crippen LogP contribution >= 0.6 is 28.7 Å². The minimum absolute atomic E-state index is 0. The fourth-order valence-electron chi connectivity index (χ4n) is 2.81. The maximum atomic E-state index is 5.77. The lowest BCUT2D eigenvalue weighted by Gasteiger charge is -2.37. The predicted octanol–water partition coefficient (Wildman–Crippen LogP) is 3.49. The summed E-state index contributed by atoms with van der Waals surface area (Å²) in [7, 11) is 0. The van der Waals surface area contributed by atoms with Gasteiger partial charge in [0.05, 0.1) is 17.9 Å². The fourth-order valence-corrected chi connectivity index (χ4v) is 3.72. The zero-order valence-corrected chi connectivity index (χ0v) is 15.7. The number of amidine groups is 1. The lowest BCUT2D eigenvalue weighted by atomic mass is 10.1. The Hall–Kier alpha value is -0.850. The summed E-state index contributed by atoms with van der Waals surface area (Å²) >= 11 is 1.78. The average molecular weight is 384 g/mol. The van der Waals surface area contributed by atoms with Crippen LogP contribution in [-0.2, 0) is 4.74 Å². The van der Waals surface area contributed by atoms with Crippen LogP contribution in [0.25, 0.3) is 0 Å². The Bertz CT molecular complexity index is 581. The molecular formula is C16H22BrN3OS. The fraction of sp³-hybridized carbons (Fsp3) is 0.500. The molecule has 0 amide bonds. The van der Waals surface area contributed by atoms with Gasteiger partial charge in [-0.2, -0.15) is 5.10 Å². The Morgan fingerprint density at radius 3 is 2.41 bits per heavy atom. The summed E-state index contributed by atoms with van der Waals surface area (Å²) in [5.74, 6) is 0.879. The molecule has 2 heterocycles. The number of morpholine rings is 1. The molecule has 1 saturated heterocycles. The molecule has 4 nitrogen and oxygen atoms in total. The van der Waals surface area contributed by atoms with Gasteiger partial charge in [-0.05, 0) is 26.3 Å². The van der Waals surface area contributed by atoms with Gasteiger partial charge >= 0.3 is 0 Å². The van der Waals surface area contributed by atoms with Crippen LogP contribution in [0, 0.1) is 6.92 Å². The molecule has 2 unspecified atom stereocenters. The smallest absolute Gasteiger partial charge is 0.186 e. The molecule has 2 aliphatic heterocycles. The normalized spacial score (nSPS) is 25.1. The van der Waals surface area contributed by atoms with E-state index in [2.05, 4.69) is 60.1 Å². The van der Waals surface area contributed by atoms with Gasteiger partial charge in [-0.25, -0.2) is 0 Å². The van der Waals surface area contributed by atoms with Crippen molar-refractivity contribution in [1.29, 1.82) is 0 Å². The predicted molar refractivity (Wildman–Crippen MR) is 99.5 cm³/mol. The highest BCUT2D eigenvalue weighted by Gasteiger charge is 2.26. The Morgan fingerprint density at radius 2 is 1.82 bits per heavy atom. The molecule has 2 atom stereocenters. The monoisotopic (exact) mass is 383 g/mol. The van der Waals surface area contributed by atoms with Crippen molar-refractivity contribution >= 4 is 39.6 Å². The third-order valence-electron chi connectivity index (χ3n) is 3.74. The second kappa shape index (κ2) is 7.62. The average Bonchev–Trinajstić information content (AvgIpc) is 2.47. The van der Waals surface area contributed by atoms with E-state index in [0.29, 0.717) is 0 Å². The van der Waals surface area contributed by atoms with Crippen LogP contribution in [0.15, 0.2) is 34.5 Å². The molecule has 1 aromatic carbocycles. The number of nitrogens with zero attached hydrogens (tertiary/aromatic N) is 3.